The van der Waals surface area contributed by atoms with Crippen LogP contribution in [0.25, 0.3) is 0 Å². The van der Waals surface area contributed by atoms with Gasteiger partial charge in [0.1, 0.15) is 5.75 Å². The van der Waals surface area contributed by atoms with Crippen LogP contribution < -0.4 is 10.1 Å². The first-order valence-electron chi connectivity index (χ1n) is 7.34. The number of methoxy groups -OCH3 is 1. The molecule has 0 unspecified atom stereocenters. The number of piperidine rings is 1. The van der Waals surface area contributed by atoms with Crippen molar-refractivity contribution in [1.82, 2.24) is 10.2 Å². The molecule has 0 atom stereocenters. The maximum atomic E-state index is 5.34. The molecule has 0 amide bonds. The third-order valence-electron chi connectivity index (χ3n) is 3.91. The van der Waals surface area contributed by atoms with E-state index in [9.17, 15) is 0 Å². The number of nitrogens with one attached hydrogen (secondary N) is 1. The van der Waals surface area contributed by atoms with Crippen LogP contribution >= 0.6 is 0 Å². The van der Waals surface area contributed by atoms with E-state index in [1.54, 1.807) is 7.11 Å². The predicted octanol–water partition coefficient (Wildman–Crippen LogP) is 1.92. The molecule has 1 aliphatic heterocycles. The minimum Gasteiger partial charge on any atom is -0.497 e. The van der Waals surface area contributed by atoms with Gasteiger partial charge in [-0.05, 0) is 43.5 Å². The predicted molar refractivity (Wildman–Crippen MR) is 83.0 cm³/mol. The lowest BCUT2D eigenvalue weighted by molar-refractivity contribution is 0.218. The first-order chi connectivity index (χ1) is 9.81. The van der Waals surface area contributed by atoms with Crippen molar-refractivity contribution in [3.8, 4) is 18.1 Å². The van der Waals surface area contributed by atoms with Crippen LogP contribution in [-0.2, 0) is 6.42 Å². The van der Waals surface area contributed by atoms with Gasteiger partial charge in [-0.1, -0.05) is 18.1 Å². The Morgan fingerprint density at radius 3 is 2.60 bits per heavy atom. The standard InChI is InChI=1S/C17H24N2O/c1-3-12-19-13-9-16(10-14-19)18-11-8-15-4-6-17(20-2)7-5-15/h1,4-7,16,18H,8-14H2,2H3. The first-order valence-corrected chi connectivity index (χ1v) is 7.34. The fourth-order valence-electron chi connectivity index (χ4n) is 2.64. The topological polar surface area (TPSA) is 24.5 Å². The number of terminal acetylenes is 1. The van der Waals surface area contributed by atoms with E-state index < -0.39 is 0 Å². The van der Waals surface area contributed by atoms with Crippen molar-refractivity contribution in [2.75, 3.05) is 33.3 Å². The summed E-state index contributed by atoms with van der Waals surface area (Å²) in [5.74, 6) is 3.64. The Kier molecular flexibility index (Phi) is 5.91. The monoisotopic (exact) mass is 272 g/mol. The summed E-state index contributed by atoms with van der Waals surface area (Å²) in [4.78, 5) is 2.35. The van der Waals surface area contributed by atoms with Crippen LogP contribution in [0.15, 0.2) is 24.3 Å². The van der Waals surface area contributed by atoms with E-state index in [2.05, 4.69) is 28.3 Å². The van der Waals surface area contributed by atoms with Crippen molar-refractivity contribution in [2.45, 2.75) is 25.3 Å². The summed E-state index contributed by atoms with van der Waals surface area (Å²) in [5.41, 5.74) is 1.35. The van der Waals surface area contributed by atoms with Crippen molar-refractivity contribution in [3.05, 3.63) is 29.8 Å². The molecule has 0 bridgehead atoms. The van der Waals surface area contributed by atoms with Crippen LogP contribution in [-0.4, -0.2) is 44.2 Å². The summed E-state index contributed by atoms with van der Waals surface area (Å²) in [6, 6.07) is 8.95. The quantitative estimate of drug-likeness (QED) is 0.801. The molecule has 1 heterocycles. The highest BCUT2D eigenvalue weighted by Gasteiger charge is 2.17. The average molecular weight is 272 g/mol. The van der Waals surface area contributed by atoms with Gasteiger partial charge in [0.25, 0.3) is 0 Å². The molecule has 1 aliphatic rings. The highest BCUT2D eigenvalue weighted by atomic mass is 16.5. The van der Waals surface area contributed by atoms with E-state index in [1.807, 2.05) is 12.1 Å². The van der Waals surface area contributed by atoms with Crippen LogP contribution in [0.1, 0.15) is 18.4 Å². The number of rotatable bonds is 6. The number of nitrogens with zero attached hydrogens (tertiary/aromatic N) is 1. The lowest BCUT2D eigenvalue weighted by atomic mass is 10.0. The van der Waals surface area contributed by atoms with E-state index in [4.69, 9.17) is 11.2 Å². The second-order valence-electron chi connectivity index (χ2n) is 5.31. The van der Waals surface area contributed by atoms with Gasteiger partial charge in [0.15, 0.2) is 0 Å². The van der Waals surface area contributed by atoms with E-state index >= 15 is 0 Å². The molecule has 1 aromatic carbocycles. The smallest absolute Gasteiger partial charge is 0.118 e. The Labute approximate surface area is 122 Å². The molecule has 1 saturated heterocycles. The van der Waals surface area contributed by atoms with Gasteiger partial charge in [0.05, 0.1) is 13.7 Å². The van der Waals surface area contributed by atoms with Crippen LogP contribution in [0, 0.1) is 12.3 Å². The lowest BCUT2D eigenvalue weighted by Crippen LogP contribution is -2.43. The average Bonchev–Trinajstić information content (AvgIpc) is 2.50. The van der Waals surface area contributed by atoms with Crippen LogP contribution in [0.4, 0.5) is 0 Å². The van der Waals surface area contributed by atoms with E-state index in [-0.39, 0.29) is 0 Å². The largest absolute Gasteiger partial charge is 0.497 e. The van der Waals surface area contributed by atoms with Gasteiger partial charge in [0.2, 0.25) is 0 Å². The van der Waals surface area contributed by atoms with Gasteiger partial charge in [-0.25, -0.2) is 0 Å². The molecule has 1 N–H and O–H groups in total. The summed E-state index contributed by atoms with van der Waals surface area (Å²) < 4.78 is 5.16. The van der Waals surface area contributed by atoms with E-state index in [0.29, 0.717) is 6.04 Å². The molecule has 3 nitrogen and oxygen atoms in total. The lowest BCUT2D eigenvalue weighted by Gasteiger charge is -2.31. The van der Waals surface area contributed by atoms with Crippen LogP contribution in [0.2, 0.25) is 0 Å². The third kappa shape index (κ3) is 4.56. The highest BCUT2D eigenvalue weighted by molar-refractivity contribution is 5.27. The van der Waals surface area contributed by atoms with Crippen LogP contribution in [0.3, 0.4) is 0 Å². The van der Waals surface area contributed by atoms with Gasteiger partial charge < -0.3 is 10.1 Å². The Bertz CT molecular complexity index is 427. The second kappa shape index (κ2) is 7.94. The van der Waals surface area contributed by atoms with Gasteiger partial charge in [0, 0.05) is 19.1 Å². The van der Waals surface area contributed by atoms with Crippen molar-refractivity contribution >= 4 is 0 Å². The molecule has 1 aromatic rings. The van der Waals surface area contributed by atoms with Gasteiger partial charge in [-0.15, -0.1) is 6.42 Å². The number of benzene rings is 1. The molecule has 0 spiro atoms. The molecular formula is C17H24N2O. The molecule has 3 heteroatoms. The molecule has 0 radical (unpaired) electrons. The normalized spacial score (nSPS) is 16.8. The zero-order chi connectivity index (χ0) is 14.2. The highest BCUT2D eigenvalue weighted by Crippen LogP contribution is 2.12. The Morgan fingerprint density at radius 2 is 2.00 bits per heavy atom. The maximum absolute atomic E-state index is 5.34. The Balaban J connectivity index is 1.65. The molecule has 1 fully saturated rings. The Morgan fingerprint density at radius 1 is 1.30 bits per heavy atom. The van der Waals surface area contributed by atoms with E-state index in [1.165, 1.54) is 18.4 Å². The molecule has 20 heavy (non-hydrogen) atoms. The number of likely N-dealkylation sites (tertiary alicyclic amines) is 1. The Hall–Kier alpha value is -1.50. The van der Waals surface area contributed by atoms with Crippen molar-refractivity contribution < 1.29 is 4.74 Å². The molecule has 0 aromatic heterocycles. The van der Waals surface area contributed by atoms with Crippen molar-refractivity contribution in [3.63, 3.8) is 0 Å². The van der Waals surface area contributed by atoms with Crippen LogP contribution in [0.5, 0.6) is 5.75 Å². The number of hydrogen-bond acceptors (Lipinski definition) is 3. The first kappa shape index (κ1) is 14.9. The summed E-state index contributed by atoms with van der Waals surface area (Å²) >= 11 is 0. The zero-order valence-corrected chi connectivity index (χ0v) is 12.3. The molecular weight excluding hydrogens is 248 g/mol. The number of ether oxygens (including phenoxy) is 1. The van der Waals surface area contributed by atoms with Gasteiger partial charge in [-0.3, -0.25) is 4.90 Å². The minimum atomic E-state index is 0.641. The summed E-state index contributed by atoms with van der Waals surface area (Å²) in [7, 11) is 1.70. The fourth-order valence-corrected chi connectivity index (χ4v) is 2.64. The SMILES string of the molecule is C#CCN1CCC(NCCc2ccc(OC)cc2)CC1. The molecule has 2 rings (SSSR count). The third-order valence-corrected chi connectivity index (χ3v) is 3.91. The summed E-state index contributed by atoms with van der Waals surface area (Å²) in [6.07, 6.45) is 8.80. The molecule has 0 saturated carbocycles. The fraction of sp³-hybridized carbons (Fsp3) is 0.529. The summed E-state index contributed by atoms with van der Waals surface area (Å²) in [5, 5.41) is 3.65. The van der Waals surface area contributed by atoms with E-state index in [0.717, 1.165) is 38.3 Å². The number of hydrogen-bond donors (Lipinski definition) is 1. The summed E-state index contributed by atoms with van der Waals surface area (Å²) in [6.45, 7) is 4.06. The van der Waals surface area contributed by atoms with Gasteiger partial charge >= 0.3 is 0 Å². The minimum absolute atomic E-state index is 0.641. The second-order valence-corrected chi connectivity index (χ2v) is 5.31. The van der Waals surface area contributed by atoms with Crippen molar-refractivity contribution in [2.24, 2.45) is 0 Å². The molecule has 0 aliphatic carbocycles. The van der Waals surface area contributed by atoms with Crippen molar-refractivity contribution in [1.29, 1.82) is 0 Å². The molecule has 108 valence electrons. The maximum Gasteiger partial charge on any atom is 0.118 e. The van der Waals surface area contributed by atoms with Gasteiger partial charge in [-0.2, -0.15) is 0 Å². The zero-order valence-electron chi connectivity index (χ0n) is 12.3.